The van der Waals surface area contributed by atoms with Gasteiger partial charge >= 0.3 is 0 Å². The second kappa shape index (κ2) is 6.26. The summed E-state index contributed by atoms with van der Waals surface area (Å²) in [7, 11) is 4.12. The van der Waals surface area contributed by atoms with Gasteiger partial charge in [-0.1, -0.05) is 12.1 Å². The third-order valence-corrected chi connectivity index (χ3v) is 3.11. The SMILES string of the molecule is CNc1cccc(CN(C)CCc2cc[nH]c2)c1. The number of aromatic amines is 1. The van der Waals surface area contributed by atoms with Gasteiger partial charge < -0.3 is 15.2 Å². The highest BCUT2D eigenvalue weighted by Gasteiger charge is 2.02. The zero-order chi connectivity index (χ0) is 12.8. The second-order valence-corrected chi connectivity index (χ2v) is 4.66. The summed E-state index contributed by atoms with van der Waals surface area (Å²) in [6, 6.07) is 10.7. The Hall–Kier alpha value is -1.74. The predicted octanol–water partition coefficient (Wildman–Crippen LogP) is 2.73. The Morgan fingerprint density at radius 3 is 2.83 bits per heavy atom. The topological polar surface area (TPSA) is 31.1 Å². The van der Waals surface area contributed by atoms with Crippen LogP contribution in [-0.2, 0) is 13.0 Å². The molecule has 2 aromatic rings. The average Bonchev–Trinajstić information content (AvgIpc) is 2.90. The number of hydrogen-bond donors (Lipinski definition) is 2. The van der Waals surface area contributed by atoms with E-state index >= 15 is 0 Å². The summed E-state index contributed by atoms with van der Waals surface area (Å²) in [6.07, 6.45) is 5.13. The fourth-order valence-corrected chi connectivity index (χ4v) is 2.05. The van der Waals surface area contributed by atoms with E-state index in [4.69, 9.17) is 0 Å². The van der Waals surface area contributed by atoms with Crippen LogP contribution in [0.1, 0.15) is 11.1 Å². The molecule has 0 spiro atoms. The van der Waals surface area contributed by atoms with Gasteiger partial charge in [-0.3, -0.25) is 0 Å². The minimum Gasteiger partial charge on any atom is -0.388 e. The van der Waals surface area contributed by atoms with Crippen molar-refractivity contribution in [1.29, 1.82) is 0 Å². The molecule has 0 aliphatic carbocycles. The standard InChI is InChI=1S/C15H21N3/c1-16-15-5-3-4-14(10-15)12-18(2)9-7-13-6-8-17-11-13/h3-6,8,10-11,16-17H,7,9,12H2,1-2H3. The molecule has 0 radical (unpaired) electrons. The van der Waals surface area contributed by atoms with E-state index in [0.717, 1.165) is 19.5 Å². The molecule has 0 saturated carbocycles. The average molecular weight is 243 g/mol. The summed E-state index contributed by atoms with van der Waals surface area (Å²) in [5.41, 5.74) is 3.88. The van der Waals surface area contributed by atoms with E-state index < -0.39 is 0 Å². The van der Waals surface area contributed by atoms with Crippen molar-refractivity contribution in [2.45, 2.75) is 13.0 Å². The summed E-state index contributed by atoms with van der Waals surface area (Å²) in [5, 5.41) is 3.17. The number of H-pyrrole nitrogens is 1. The minimum absolute atomic E-state index is 0.986. The van der Waals surface area contributed by atoms with Crippen LogP contribution in [0.2, 0.25) is 0 Å². The van der Waals surface area contributed by atoms with Gasteiger partial charge in [0.25, 0.3) is 0 Å². The lowest BCUT2D eigenvalue weighted by molar-refractivity contribution is 0.331. The Morgan fingerprint density at radius 1 is 1.22 bits per heavy atom. The van der Waals surface area contributed by atoms with E-state index in [1.807, 2.05) is 13.2 Å². The van der Waals surface area contributed by atoms with Gasteiger partial charge in [0.05, 0.1) is 0 Å². The number of aromatic nitrogens is 1. The highest BCUT2D eigenvalue weighted by molar-refractivity contribution is 5.44. The monoisotopic (exact) mass is 243 g/mol. The number of rotatable bonds is 6. The molecule has 3 nitrogen and oxygen atoms in total. The molecule has 2 N–H and O–H groups in total. The number of nitrogens with one attached hydrogen (secondary N) is 2. The fraction of sp³-hybridized carbons (Fsp3) is 0.333. The Morgan fingerprint density at radius 2 is 2.11 bits per heavy atom. The molecule has 0 amide bonds. The molecule has 96 valence electrons. The van der Waals surface area contributed by atoms with Gasteiger partial charge in [-0.25, -0.2) is 0 Å². The van der Waals surface area contributed by atoms with E-state index in [2.05, 4.69) is 58.8 Å². The molecule has 18 heavy (non-hydrogen) atoms. The first-order chi connectivity index (χ1) is 8.78. The van der Waals surface area contributed by atoms with Crippen LogP contribution >= 0.6 is 0 Å². The lowest BCUT2D eigenvalue weighted by Gasteiger charge is -2.16. The Kier molecular flexibility index (Phi) is 4.42. The quantitative estimate of drug-likeness (QED) is 0.817. The number of hydrogen-bond acceptors (Lipinski definition) is 2. The summed E-state index contributed by atoms with van der Waals surface area (Å²) < 4.78 is 0. The molecule has 0 unspecified atom stereocenters. The molecule has 0 fully saturated rings. The zero-order valence-corrected chi connectivity index (χ0v) is 11.1. The molecular weight excluding hydrogens is 222 g/mol. The second-order valence-electron chi connectivity index (χ2n) is 4.66. The lowest BCUT2D eigenvalue weighted by Crippen LogP contribution is -2.20. The largest absolute Gasteiger partial charge is 0.388 e. The van der Waals surface area contributed by atoms with Crippen molar-refractivity contribution in [3.8, 4) is 0 Å². The van der Waals surface area contributed by atoms with Gasteiger partial charge in [-0.05, 0) is 42.8 Å². The summed E-state index contributed by atoms with van der Waals surface area (Å²) in [5.74, 6) is 0. The zero-order valence-electron chi connectivity index (χ0n) is 11.1. The maximum atomic E-state index is 3.17. The van der Waals surface area contributed by atoms with Crippen LogP contribution in [0.4, 0.5) is 5.69 Å². The van der Waals surface area contributed by atoms with Crippen LogP contribution in [-0.4, -0.2) is 30.5 Å². The molecule has 1 aromatic carbocycles. The van der Waals surface area contributed by atoms with Crippen molar-refractivity contribution in [2.24, 2.45) is 0 Å². The number of anilines is 1. The third-order valence-electron chi connectivity index (χ3n) is 3.11. The van der Waals surface area contributed by atoms with Crippen LogP contribution < -0.4 is 5.32 Å². The van der Waals surface area contributed by atoms with Crippen molar-refractivity contribution < 1.29 is 0 Å². The highest BCUT2D eigenvalue weighted by Crippen LogP contribution is 2.11. The molecular formula is C15H21N3. The number of benzene rings is 1. The molecule has 0 saturated heterocycles. The summed E-state index contributed by atoms with van der Waals surface area (Å²) in [4.78, 5) is 5.44. The molecule has 2 rings (SSSR count). The van der Waals surface area contributed by atoms with Crippen LogP contribution in [0.5, 0.6) is 0 Å². The Labute approximate surface area is 109 Å². The third kappa shape index (κ3) is 3.64. The predicted molar refractivity (Wildman–Crippen MR) is 76.8 cm³/mol. The van der Waals surface area contributed by atoms with E-state index in [0.29, 0.717) is 0 Å². The fourth-order valence-electron chi connectivity index (χ4n) is 2.05. The van der Waals surface area contributed by atoms with Crippen LogP contribution in [0, 0.1) is 0 Å². The van der Waals surface area contributed by atoms with Gasteiger partial charge in [-0.2, -0.15) is 0 Å². The van der Waals surface area contributed by atoms with Gasteiger partial charge in [-0.15, -0.1) is 0 Å². The Balaban J connectivity index is 1.84. The molecule has 3 heteroatoms. The Bertz CT molecular complexity index is 462. The van der Waals surface area contributed by atoms with E-state index in [1.54, 1.807) is 0 Å². The molecule has 0 atom stereocenters. The normalized spacial score (nSPS) is 10.8. The van der Waals surface area contributed by atoms with Crippen molar-refractivity contribution in [3.05, 3.63) is 53.9 Å². The van der Waals surface area contributed by atoms with Gasteiger partial charge in [0.2, 0.25) is 0 Å². The van der Waals surface area contributed by atoms with Crippen LogP contribution in [0.15, 0.2) is 42.7 Å². The van der Waals surface area contributed by atoms with Gasteiger partial charge in [0.15, 0.2) is 0 Å². The van der Waals surface area contributed by atoms with Crippen LogP contribution in [0.3, 0.4) is 0 Å². The first-order valence-corrected chi connectivity index (χ1v) is 6.35. The maximum Gasteiger partial charge on any atom is 0.0340 e. The molecule has 0 bridgehead atoms. The smallest absolute Gasteiger partial charge is 0.0340 e. The molecule has 0 aliphatic rings. The van der Waals surface area contributed by atoms with Crippen molar-refractivity contribution in [2.75, 3.05) is 26.0 Å². The first kappa shape index (κ1) is 12.7. The highest BCUT2D eigenvalue weighted by atomic mass is 15.1. The molecule has 1 heterocycles. The summed E-state index contributed by atoms with van der Waals surface area (Å²) in [6.45, 7) is 2.06. The maximum absolute atomic E-state index is 3.17. The number of likely N-dealkylation sites (N-methyl/N-ethyl adjacent to an activating group) is 1. The van der Waals surface area contributed by atoms with E-state index in [-0.39, 0.29) is 0 Å². The van der Waals surface area contributed by atoms with Gasteiger partial charge in [0, 0.05) is 38.2 Å². The number of nitrogens with zero attached hydrogens (tertiary/aromatic N) is 1. The summed E-state index contributed by atoms with van der Waals surface area (Å²) >= 11 is 0. The molecule has 0 aliphatic heterocycles. The first-order valence-electron chi connectivity index (χ1n) is 6.35. The van der Waals surface area contributed by atoms with Crippen LogP contribution in [0.25, 0.3) is 0 Å². The lowest BCUT2D eigenvalue weighted by atomic mass is 10.2. The van der Waals surface area contributed by atoms with Crippen molar-refractivity contribution >= 4 is 5.69 Å². The minimum atomic E-state index is 0.986. The van der Waals surface area contributed by atoms with Gasteiger partial charge in [0.1, 0.15) is 0 Å². The van der Waals surface area contributed by atoms with Crippen molar-refractivity contribution in [3.63, 3.8) is 0 Å². The molecule has 1 aromatic heterocycles. The van der Waals surface area contributed by atoms with E-state index in [1.165, 1.54) is 16.8 Å². The van der Waals surface area contributed by atoms with Crippen molar-refractivity contribution in [1.82, 2.24) is 9.88 Å². The van der Waals surface area contributed by atoms with E-state index in [9.17, 15) is 0 Å².